The zero-order valence-corrected chi connectivity index (χ0v) is 22.9. The Bertz CT molecular complexity index is 1450. The lowest BCUT2D eigenvalue weighted by molar-refractivity contribution is -0.216. The van der Waals surface area contributed by atoms with Crippen LogP contribution >= 0.6 is 0 Å². The van der Waals surface area contributed by atoms with Gasteiger partial charge in [0.2, 0.25) is 5.91 Å². The largest absolute Gasteiger partial charge is 0.508 e. The Balaban J connectivity index is 1.37. The molecule has 2 aliphatic rings. The average molecular weight is 598 g/mol. The van der Waals surface area contributed by atoms with Gasteiger partial charge in [0.15, 0.2) is 0 Å². The number of nitrogens with zero attached hydrogens (tertiary/aromatic N) is 1. The van der Waals surface area contributed by atoms with Crippen LogP contribution in [0.2, 0.25) is 0 Å². The van der Waals surface area contributed by atoms with E-state index in [1.54, 1.807) is 12.1 Å². The SMILES string of the molecule is O=C1[C@H](CC[C@H](O)c2ccc(F)cc2)[C@@H](c2ccc(/C=C/[C@@H]3OC(CO)[C@H](O)[C@H](O)C3O)cc2O)N1c1ccc(F)cc1. The lowest BCUT2D eigenvalue weighted by Crippen LogP contribution is -2.57. The summed E-state index contributed by atoms with van der Waals surface area (Å²) in [5, 5.41) is 61.4. The highest BCUT2D eigenvalue weighted by molar-refractivity contribution is 6.03. The molecule has 2 unspecified atom stereocenters. The number of aliphatic hydroxyl groups is 5. The maximum atomic E-state index is 13.6. The number of halogens is 2. The molecule has 1 amide bonds. The van der Waals surface area contributed by atoms with Gasteiger partial charge in [-0.1, -0.05) is 36.4 Å². The highest BCUT2D eigenvalue weighted by Gasteiger charge is 2.49. The molecule has 43 heavy (non-hydrogen) atoms. The first kappa shape index (κ1) is 30.7. The Morgan fingerprint density at radius 2 is 1.56 bits per heavy atom. The van der Waals surface area contributed by atoms with Crippen molar-refractivity contribution in [3.63, 3.8) is 0 Å². The minimum Gasteiger partial charge on any atom is -0.508 e. The fraction of sp³-hybridized carbons (Fsp3) is 0.344. The number of amides is 1. The molecular formula is C32H33F2NO8. The molecule has 3 aromatic rings. The monoisotopic (exact) mass is 597 g/mol. The average Bonchev–Trinajstić information content (AvgIpc) is 3.00. The van der Waals surface area contributed by atoms with Crippen molar-refractivity contribution >= 4 is 17.7 Å². The van der Waals surface area contributed by atoms with E-state index in [4.69, 9.17) is 4.74 Å². The van der Waals surface area contributed by atoms with Crippen molar-refractivity contribution in [2.75, 3.05) is 11.5 Å². The Kier molecular flexibility index (Phi) is 9.21. The van der Waals surface area contributed by atoms with Gasteiger partial charge in [0.05, 0.1) is 24.7 Å². The molecule has 0 radical (unpaired) electrons. The van der Waals surface area contributed by atoms with Crippen LogP contribution in [0.25, 0.3) is 6.08 Å². The molecule has 2 aliphatic heterocycles. The molecular weight excluding hydrogens is 564 g/mol. The molecule has 0 aliphatic carbocycles. The molecule has 8 atom stereocenters. The number of aliphatic hydroxyl groups excluding tert-OH is 5. The number of aromatic hydroxyl groups is 1. The second-order valence-electron chi connectivity index (χ2n) is 10.9. The van der Waals surface area contributed by atoms with Gasteiger partial charge in [-0.2, -0.15) is 0 Å². The molecule has 6 N–H and O–H groups in total. The lowest BCUT2D eigenvalue weighted by atomic mass is 9.77. The zero-order chi connectivity index (χ0) is 30.8. The third-order valence-corrected chi connectivity index (χ3v) is 8.11. The van der Waals surface area contributed by atoms with E-state index in [-0.39, 0.29) is 24.5 Å². The number of anilines is 1. The highest BCUT2D eigenvalue weighted by atomic mass is 19.1. The zero-order valence-electron chi connectivity index (χ0n) is 22.9. The predicted octanol–water partition coefficient (Wildman–Crippen LogP) is 2.74. The summed E-state index contributed by atoms with van der Waals surface area (Å²) < 4.78 is 32.4. The van der Waals surface area contributed by atoms with Crippen molar-refractivity contribution in [1.82, 2.24) is 0 Å². The van der Waals surface area contributed by atoms with E-state index in [0.717, 1.165) is 0 Å². The van der Waals surface area contributed by atoms with Gasteiger partial charge in [-0.15, -0.1) is 0 Å². The van der Waals surface area contributed by atoms with Crippen LogP contribution < -0.4 is 4.90 Å². The van der Waals surface area contributed by atoms with Gasteiger partial charge in [-0.3, -0.25) is 4.79 Å². The smallest absolute Gasteiger partial charge is 0.233 e. The standard InChI is InChI=1S/C32H33F2NO8/c33-19-5-3-18(4-6-19)24(37)13-12-23-28(35(32(23)42)21-9-7-20(34)8-10-21)22-11-1-17(15-25(22)38)2-14-26-29(39)31(41)30(40)27(16-36)43-26/h1-11,14-15,23-24,26-31,36-41H,12-13,16H2/b14-2+/t23-,24+,26+,27?,28-,29?,30+,31-/m1/s1. The van der Waals surface area contributed by atoms with Gasteiger partial charge in [0.25, 0.3) is 0 Å². The van der Waals surface area contributed by atoms with Gasteiger partial charge in [0, 0.05) is 11.3 Å². The van der Waals surface area contributed by atoms with Crippen molar-refractivity contribution < 1.29 is 49.0 Å². The minimum atomic E-state index is -1.52. The first-order chi connectivity index (χ1) is 20.6. The third kappa shape index (κ3) is 6.32. The minimum absolute atomic E-state index is 0.135. The van der Waals surface area contributed by atoms with Crippen LogP contribution in [-0.4, -0.2) is 73.7 Å². The quantitative estimate of drug-likeness (QED) is 0.206. The number of hydrogen-bond acceptors (Lipinski definition) is 8. The molecule has 2 heterocycles. The summed E-state index contributed by atoms with van der Waals surface area (Å²) in [6, 6.07) is 15.0. The molecule has 228 valence electrons. The van der Waals surface area contributed by atoms with Crippen molar-refractivity contribution in [3.05, 3.63) is 101 Å². The van der Waals surface area contributed by atoms with Crippen LogP contribution in [0.4, 0.5) is 14.5 Å². The molecule has 0 bridgehead atoms. The first-order valence-electron chi connectivity index (χ1n) is 13.9. The van der Waals surface area contributed by atoms with E-state index in [9.17, 15) is 44.2 Å². The van der Waals surface area contributed by atoms with E-state index in [1.165, 1.54) is 71.6 Å². The van der Waals surface area contributed by atoms with Gasteiger partial charge >= 0.3 is 0 Å². The fourth-order valence-electron chi connectivity index (χ4n) is 5.67. The van der Waals surface area contributed by atoms with Crippen molar-refractivity contribution in [2.45, 2.75) is 55.5 Å². The first-order valence-corrected chi connectivity index (χ1v) is 13.9. The topological polar surface area (TPSA) is 151 Å². The maximum absolute atomic E-state index is 13.6. The van der Waals surface area contributed by atoms with Crippen LogP contribution in [0, 0.1) is 17.6 Å². The second kappa shape index (κ2) is 12.9. The molecule has 5 rings (SSSR count). The van der Waals surface area contributed by atoms with Crippen LogP contribution in [0.5, 0.6) is 5.75 Å². The van der Waals surface area contributed by atoms with E-state index < -0.39 is 66.8 Å². The number of carbonyl (C=O) groups excluding carboxylic acids is 1. The summed E-state index contributed by atoms with van der Waals surface area (Å²) in [7, 11) is 0. The van der Waals surface area contributed by atoms with Crippen molar-refractivity contribution in [2.24, 2.45) is 5.92 Å². The summed E-state index contributed by atoms with van der Waals surface area (Å²) in [5.74, 6) is -1.90. The Hall–Kier alpha value is -3.71. The summed E-state index contributed by atoms with van der Waals surface area (Å²) in [5.41, 5.74) is 1.88. The summed E-state index contributed by atoms with van der Waals surface area (Å²) in [6.07, 6.45) is -4.03. The number of ether oxygens (including phenoxy) is 1. The number of benzene rings is 3. The molecule has 3 aromatic carbocycles. The van der Waals surface area contributed by atoms with Gasteiger partial charge in [0.1, 0.15) is 47.9 Å². The summed E-state index contributed by atoms with van der Waals surface area (Å²) >= 11 is 0. The molecule has 0 aromatic heterocycles. The van der Waals surface area contributed by atoms with Crippen molar-refractivity contribution in [1.29, 1.82) is 0 Å². The highest BCUT2D eigenvalue weighted by Crippen LogP contribution is 2.48. The number of carbonyl (C=O) groups is 1. The van der Waals surface area contributed by atoms with E-state index in [2.05, 4.69) is 0 Å². The molecule has 0 spiro atoms. The summed E-state index contributed by atoms with van der Waals surface area (Å²) in [6.45, 7) is -0.558. The number of β-lactam (4-membered cyclic amide) rings is 1. The number of hydrogen-bond donors (Lipinski definition) is 6. The molecule has 11 heteroatoms. The van der Waals surface area contributed by atoms with E-state index in [0.29, 0.717) is 22.4 Å². The van der Waals surface area contributed by atoms with E-state index in [1.807, 2.05) is 0 Å². The van der Waals surface area contributed by atoms with Gasteiger partial charge in [-0.05, 0) is 66.4 Å². The van der Waals surface area contributed by atoms with Crippen LogP contribution in [0.15, 0.2) is 72.8 Å². The fourth-order valence-corrected chi connectivity index (χ4v) is 5.67. The Labute approximate surface area is 246 Å². The summed E-state index contributed by atoms with van der Waals surface area (Å²) in [4.78, 5) is 14.8. The van der Waals surface area contributed by atoms with E-state index >= 15 is 0 Å². The lowest BCUT2D eigenvalue weighted by Gasteiger charge is -2.48. The predicted molar refractivity (Wildman–Crippen MR) is 152 cm³/mol. The molecule has 2 saturated heterocycles. The number of rotatable bonds is 9. The maximum Gasteiger partial charge on any atom is 0.233 e. The van der Waals surface area contributed by atoms with Crippen LogP contribution in [0.3, 0.4) is 0 Å². The van der Waals surface area contributed by atoms with Gasteiger partial charge < -0.3 is 40.3 Å². The van der Waals surface area contributed by atoms with Crippen molar-refractivity contribution in [3.8, 4) is 5.75 Å². The normalized spacial score (nSPS) is 28.2. The van der Waals surface area contributed by atoms with Gasteiger partial charge in [-0.25, -0.2) is 8.78 Å². The molecule has 9 nitrogen and oxygen atoms in total. The van der Waals surface area contributed by atoms with Crippen LogP contribution in [-0.2, 0) is 9.53 Å². The Morgan fingerprint density at radius 1 is 0.907 bits per heavy atom. The number of phenols is 1. The third-order valence-electron chi connectivity index (χ3n) is 8.11. The Morgan fingerprint density at radius 3 is 2.19 bits per heavy atom. The molecule has 0 saturated carbocycles. The van der Waals surface area contributed by atoms with Crippen LogP contribution in [0.1, 0.15) is 41.7 Å². The molecule has 2 fully saturated rings. The number of phenolic OH excluding ortho intramolecular Hbond substituents is 1. The second-order valence-corrected chi connectivity index (χ2v) is 10.9.